The lowest BCUT2D eigenvalue weighted by atomic mass is 9.98. The van der Waals surface area contributed by atoms with Gasteiger partial charge in [-0.2, -0.15) is 0 Å². The predicted octanol–water partition coefficient (Wildman–Crippen LogP) is 6.17. The van der Waals surface area contributed by atoms with Crippen LogP contribution in [-0.2, 0) is 0 Å². The van der Waals surface area contributed by atoms with Crippen molar-refractivity contribution < 1.29 is 13.9 Å². The van der Waals surface area contributed by atoms with Gasteiger partial charge >= 0.3 is 0 Å². The number of fused-ring (bicyclic) bond motifs is 3. The van der Waals surface area contributed by atoms with Gasteiger partial charge in [-0.25, -0.2) is 4.98 Å². The standard InChI is InChI=1S/C28H22N2O4S/c1-4-33-18-7-5-6-17(14-18)24-23-25(31)19-12-15(2)9-11-21(19)34-26(23)27(32)30(24)28-29-20-10-8-16(3)13-22(20)35-28/h5-14,24H,4H2,1-3H3/t24-/m1/s1. The van der Waals surface area contributed by atoms with E-state index in [9.17, 15) is 9.59 Å². The summed E-state index contributed by atoms with van der Waals surface area (Å²) in [6.45, 7) is 6.37. The molecule has 0 fully saturated rings. The Morgan fingerprint density at radius 3 is 2.66 bits per heavy atom. The number of amides is 1. The summed E-state index contributed by atoms with van der Waals surface area (Å²) in [4.78, 5) is 34.0. The summed E-state index contributed by atoms with van der Waals surface area (Å²) in [6.07, 6.45) is 0. The number of rotatable bonds is 4. The van der Waals surface area contributed by atoms with E-state index in [0.717, 1.165) is 26.9 Å². The third-order valence-electron chi connectivity index (χ3n) is 6.25. The van der Waals surface area contributed by atoms with E-state index in [4.69, 9.17) is 14.1 Å². The van der Waals surface area contributed by atoms with Gasteiger partial charge in [0, 0.05) is 0 Å². The van der Waals surface area contributed by atoms with Gasteiger partial charge in [0.05, 0.1) is 33.8 Å². The number of hydrogen-bond donors (Lipinski definition) is 0. The van der Waals surface area contributed by atoms with Crippen LogP contribution in [0.4, 0.5) is 5.13 Å². The van der Waals surface area contributed by atoms with Gasteiger partial charge in [-0.15, -0.1) is 0 Å². The maximum atomic E-state index is 13.8. The first-order valence-electron chi connectivity index (χ1n) is 11.5. The molecule has 174 valence electrons. The quantitative estimate of drug-likeness (QED) is 0.306. The summed E-state index contributed by atoms with van der Waals surface area (Å²) in [5.41, 5.74) is 4.16. The molecule has 0 radical (unpaired) electrons. The van der Waals surface area contributed by atoms with Crippen molar-refractivity contribution in [1.29, 1.82) is 0 Å². The van der Waals surface area contributed by atoms with Gasteiger partial charge in [-0.1, -0.05) is 41.2 Å². The molecule has 35 heavy (non-hydrogen) atoms. The Hall–Kier alpha value is -3.97. The molecule has 1 aliphatic rings. The molecular formula is C28H22N2O4S. The third-order valence-corrected chi connectivity index (χ3v) is 7.27. The molecule has 5 aromatic rings. The summed E-state index contributed by atoms with van der Waals surface area (Å²) in [6, 6.07) is 18.2. The minimum absolute atomic E-state index is 0.0635. The van der Waals surface area contributed by atoms with Crippen molar-refractivity contribution >= 4 is 43.6 Å². The zero-order valence-corrected chi connectivity index (χ0v) is 20.3. The van der Waals surface area contributed by atoms with E-state index in [1.165, 1.54) is 11.3 Å². The van der Waals surface area contributed by atoms with Crippen molar-refractivity contribution in [3.63, 3.8) is 0 Å². The van der Waals surface area contributed by atoms with E-state index in [2.05, 4.69) is 6.07 Å². The van der Waals surface area contributed by atoms with Gasteiger partial charge in [0.25, 0.3) is 5.91 Å². The minimum Gasteiger partial charge on any atom is -0.494 e. The maximum Gasteiger partial charge on any atom is 0.297 e. The van der Waals surface area contributed by atoms with Gasteiger partial charge in [0.15, 0.2) is 10.6 Å². The van der Waals surface area contributed by atoms with E-state index in [1.54, 1.807) is 11.0 Å². The fourth-order valence-electron chi connectivity index (χ4n) is 4.66. The van der Waals surface area contributed by atoms with Crippen LogP contribution in [-0.4, -0.2) is 17.5 Å². The monoisotopic (exact) mass is 482 g/mol. The highest BCUT2D eigenvalue weighted by Crippen LogP contribution is 2.44. The van der Waals surface area contributed by atoms with Crippen molar-refractivity contribution in [2.24, 2.45) is 0 Å². The molecule has 6 nitrogen and oxygen atoms in total. The van der Waals surface area contributed by atoms with Gasteiger partial charge in [-0.05, 0) is 68.3 Å². The Morgan fingerprint density at radius 2 is 1.83 bits per heavy atom. The number of thiazole rings is 1. The summed E-state index contributed by atoms with van der Waals surface area (Å²) in [5, 5.41) is 0.984. The van der Waals surface area contributed by atoms with Crippen molar-refractivity contribution in [3.05, 3.63) is 98.9 Å². The number of aryl methyl sites for hydroxylation is 2. The second-order valence-electron chi connectivity index (χ2n) is 8.72. The Balaban J connectivity index is 1.63. The van der Waals surface area contributed by atoms with E-state index in [-0.39, 0.29) is 17.1 Å². The Kier molecular flexibility index (Phi) is 4.96. The van der Waals surface area contributed by atoms with Crippen molar-refractivity contribution in [2.75, 3.05) is 11.5 Å². The second kappa shape index (κ2) is 8.06. The third kappa shape index (κ3) is 3.42. The summed E-state index contributed by atoms with van der Waals surface area (Å²) in [5.74, 6) is 0.363. The van der Waals surface area contributed by atoms with Crippen LogP contribution in [0.2, 0.25) is 0 Å². The molecule has 0 N–H and O–H groups in total. The van der Waals surface area contributed by atoms with Crippen molar-refractivity contribution in [2.45, 2.75) is 26.8 Å². The second-order valence-corrected chi connectivity index (χ2v) is 9.73. The average Bonchev–Trinajstić information content (AvgIpc) is 3.38. The largest absolute Gasteiger partial charge is 0.494 e. The molecule has 2 aromatic heterocycles. The lowest BCUT2D eigenvalue weighted by Crippen LogP contribution is -2.29. The minimum atomic E-state index is -0.680. The Labute approximate surface area is 205 Å². The molecule has 3 aromatic carbocycles. The first-order chi connectivity index (χ1) is 16.9. The Morgan fingerprint density at radius 1 is 1.03 bits per heavy atom. The Bertz CT molecular complexity index is 1700. The van der Waals surface area contributed by atoms with E-state index < -0.39 is 6.04 Å². The van der Waals surface area contributed by atoms with Gasteiger partial charge in [0.2, 0.25) is 5.76 Å². The number of nitrogens with zero attached hydrogens (tertiary/aromatic N) is 2. The molecule has 0 unspecified atom stereocenters. The topological polar surface area (TPSA) is 72.6 Å². The molecule has 0 saturated heterocycles. The number of hydrogen-bond acceptors (Lipinski definition) is 6. The van der Waals surface area contributed by atoms with E-state index in [1.807, 2.05) is 69.3 Å². The summed E-state index contributed by atoms with van der Waals surface area (Å²) >= 11 is 1.43. The van der Waals surface area contributed by atoms with Crippen LogP contribution in [0.15, 0.2) is 69.9 Å². The normalized spacial score (nSPS) is 15.2. The van der Waals surface area contributed by atoms with Crippen molar-refractivity contribution in [1.82, 2.24) is 4.98 Å². The SMILES string of the molecule is CCOc1cccc([C@@H]2c3c(oc4ccc(C)cc4c3=O)C(=O)N2c2nc3ccc(C)cc3s2)c1. The lowest BCUT2D eigenvalue weighted by Gasteiger charge is -2.23. The first-order valence-corrected chi connectivity index (χ1v) is 12.3. The van der Waals surface area contributed by atoms with Crippen LogP contribution >= 0.6 is 11.3 Å². The number of carbonyl (C=O) groups excluding carboxylic acids is 1. The molecule has 0 aliphatic carbocycles. The molecule has 1 atom stereocenters. The van der Waals surface area contributed by atoms with Gasteiger partial charge < -0.3 is 9.15 Å². The number of ether oxygens (including phenoxy) is 1. The highest BCUT2D eigenvalue weighted by Gasteiger charge is 2.45. The fourth-order valence-corrected chi connectivity index (χ4v) is 5.75. The molecule has 0 bridgehead atoms. The summed E-state index contributed by atoms with van der Waals surface area (Å²) < 4.78 is 12.8. The van der Waals surface area contributed by atoms with Crippen LogP contribution in [0.25, 0.3) is 21.2 Å². The average molecular weight is 483 g/mol. The molecule has 3 heterocycles. The number of carbonyl (C=O) groups is 1. The van der Waals surface area contributed by atoms with Crippen LogP contribution in [0.1, 0.15) is 45.8 Å². The highest BCUT2D eigenvalue weighted by atomic mass is 32.1. The van der Waals surface area contributed by atoms with Crippen LogP contribution in [0.3, 0.4) is 0 Å². The van der Waals surface area contributed by atoms with Crippen molar-refractivity contribution in [3.8, 4) is 5.75 Å². The lowest BCUT2D eigenvalue weighted by molar-refractivity contribution is 0.0971. The van der Waals surface area contributed by atoms with Crippen LogP contribution < -0.4 is 15.1 Å². The molecule has 0 saturated carbocycles. The van der Waals surface area contributed by atoms with Crippen LogP contribution in [0, 0.1) is 13.8 Å². The molecular weight excluding hydrogens is 460 g/mol. The van der Waals surface area contributed by atoms with Gasteiger partial charge in [0.1, 0.15) is 11.3 Å². The van der Waals surface area contributed by atoms with Gasteiger partial charge in [-0.3, -0.25) is 14.5 Å². The molecule has 6 rings (SSSR count). The number of aromatic nitrogens is 1. The predicted molar refractivity (Wildman–Crippen MR) is 138 cm³/mol. The zero-order valence-electron chi connectivity index (χ0n) is 19.5. The highest BCUT2D eigenvalue weighted by molar-refractivity contribution is 7.22. The fraction of sp³-hybridized carbons (Fsp3) is 0.179. The number of anilines is 1. The van der Waals surface area contributed by atoms with E-state index in [0.29, 0.717) is 34.0 Å². The zero-order chi connectivity index (χ0) is 24.3. The maximum absolute atomic E-state index is 13.8. The van der Waals surface area contributed by atoms with E-state index >= 15 is 0 Å². The molecule has 1 amide bonds. The molecule has 7 heteroatoms. The first kappa shape index (κ1) is 21.6. The smallest absolute Gasteiger partial charge is 0.297 e. The summed E-state index contributed by atoms with van der Waals surface area (Å²) in [7, 11) is 0. The molecule has 1 aliphatic heterocycles. The number of benzene rings is 3. The van der Waals surface area contributed by atoms with Crippen LogP contribution in [0.5, 0.6) is 5.75 Å². The molecule has 0 spiro atoms.